The number of ether oxygens (including phenoxy) is 1. The summed E-state index contributed by atoms with van der Waals surface area (Å²) in [5.74, 6) is 1.49. The summed E-state index contributed by atoms with van der Waals surface area (Å²) in [5.41, 5.74) is 3.52. The molecule has 2 heterocycles. The molecule has 1 saturated heterocycles. The van der Waals surface area contributed by atoms with Gasteiger partial charge in [-0.15, -0.1) is 0 Å². The number of aromatic amines is 1. The quantitative estimate of drug-likeness (QED) is 0.677. The number of H-pyrrole nitrogens is 1. The average molecular weight is 425 g/mol. The monoisotopic (exact) mass is 424 g/mol. The third-order valence-electron chi connectivity index (χ3n) is 5.50. The van der Waals surface area contributed by atoms with Crippen molar-refractivity contribution in [3.63, 3.8) is 0 Å². The maximum absolute atomic E-state index is 12.8. The van der Waals surface area contributed by atoms with Crippen LogP contribution in [0.25, 0.3) is 0 Å². The predicted octanol–water partition coefficient (Wildman–Crippen LogP) is 3.66. The van der Waals surface area contributed by atoms with Gasteiger partial charge in [-0.05, 0) is 48.9 Å². The van der Waals surface area contributed by atoms with Gasteiger partial charge in [-0.25, -0.2) is 4.98 Å². The molecule has 0 unspecified atom stereocenters. The van der Waals surface area contributed by atoms with Crippen LogP contribution in [0.3, 0.4) is 0 Å². The van der Waals surface area contributed by atoms with E-state index in [-0.39, 0.29) is 5.56 Å². The minimum absolute atomic E-state index is 0.0879. The number of piperazine rings is 1. The Morgan fingerprint density at radius 3 is 2.40 bits per heavy atom. The number of methoxy groups -OCH3 is 1. The Morgan fingerprint density at radius 1 is 1.07 bits per heavy atom. The highest BCUT2D eigenvalue weighted by molar-refractivity contribution is 6.30. The standard InChI is InChI=1S/C23H25ClN4O2/c1-16-21(15-17-4-3-5-18(24)14-17)22(29)26-23(25-16)28-12-10-27(11-13-28)19-6-8-20(30-2)9-7-19/h3-9,14H,10-13,15H2,1-2H3,(H,25,26,29). The molecule has 156 valence electrons. The van der Waals surface area contributed by atoms with Crippen molar-refractivity contribution in [1.29, 1.82) is 0 Å². The van der Waals surface area contributed by atoms with Crippen molar-refractivity contribution in [2.24, 2.45) is 0 Å². The molecule has 0 atom stereocenters. The van der Waals surface area contributed by atoms with Crippen LogP contribution < -0.4 is 20.1 Å². The number of nitrogens with zero attached hydrogens (tertiary/aromatic N) is 3. The van der Waals surface area contributed by atoms with Gasteiger partial charge in [-0.3, -0.25) is 9.78 Å². The first-order valence-electron chi connectivity index (χ1n) is 10.0. The summed E-state index contributed by atoms with van der Waals surface area (Å²) < 4.78 is 5.23. The Morgan fingerprint density at radius 2 is 1.77 bits per heavy atom. The van der Waals surface area contributed by atoms with E-state index in [1.807, 2.05) is 43.3 Å². The zero-order chi connectivity index (χ0) is 21.1. The Bertz CT molecular complexity index is 1070. The molecule has 1 aromatic heterocycles. The van der Waals surface area contributed by atoms with Gasteiger partial charge >= 0.3 is 0 Å². The lowest BCUT2D eigenvalue weighted by atomic mass is 10.1. The lowest BCUT2D eigenvalue weighted by Gasteiger charge is -2.36. The highest BCUT2D eigenvalue weighted by Crippen LogP contribution is 2.22. The number of halogens is 1. The molecule has 0 saturated carbocycles. The van der Waals surface area contributed by atoms with Crippen molar-refractivity contribution in [3.8, 4) is 5.75 Å². The largest absolute Gasteiger partial charge is 0.497 e. The second-order valence-electron chi connectivity index (χ2n) is 7.43. The first-order chi connectivity index (χ1) is 14.5. The zero-order valence-electron chi connectivity index (χ0n) is 17.2. The van der Waals surface area contributed by atoms with E-state index >= 15 is 0 Å². The van der Waals surface area contributed by atoms with Gasteiger partial charge in [0.05, 0.1) is 12.8 Å². The molecule has 0 bridgehead atoms. The van der Waals surface area contributed by atoms with Gasteiger partial charge < -0.3 is 14.5 Å². The van der Waals surface area contributed by atoms with E-state index in [2.05, 4.69) is 26.9 Å². The van der Waals surface area contributed by atoms with E-state index in [1.165, 1.54) is 5.69 Å². The van der Waals surface area contributed by atoms with E-state index in [1.54, 1.807) is 7.11 Å². The minimum atomic E-state index is -0.0879. The molecule has 6 nitrogen and oxygen atoms in total. The van der Waals surface area contributed by atoms with Crippen LogP contribution in [0.15, 0.2) is 53.3 Å². The number of aromatic nitrogens is 2. The summed E-state index contributed by atoms with van der Waals surface area (Å²) in [6.45, 7) is 5.20. The SMILES string of the molecule is COc1ccc(N2CCN(c3nc(C)c(Cc4cccc(Cl)c4)c(=O)[nH]3)CC2)cc1. The third-order valence-corrected chi connectivity index (χ3v) is 5.73. The van der Waals surface area contributed by atoms with Gasteiger partial charge in [-0.1, -0.05) is 23.7 Å². The molecule has 0 radical (unpaired) electrons. The number of rotatable bonds is 5. The summed E-state index contributed by atoms with van der Waals surface area (Å²) in [5, 5.41) is 0.667. The molecule has 1 aliphatic heterocycles. The Balaban J connectivity index is 1.45. The van der Waals surface area contributed by atoms with Crippen LogP contribution >= 0.6 is 11.6 Å². The molecule has 30 heavy (non-hydrogen) atoms. The van der Waals surface area contributed by atoms with Crippen molar-refractivity contribution in [2.45, 2.75) is 13.3 Å². The first kappa shape index (κ1) is 20.3. The first-order valence-corrected chi connectivity index (χ1v) is 10.4. The predicted molar refractivity (Wildman–Crippen MR) is 121 cm³/mol. The molecule has 1 fully saturated rings. The van der Waals surface area contributed by atoms with Crippen molar-refractivity contribution in [1.82, 2.24) is 9.97 Å². The summed E-state index contributed by atoms with van der Waals surface area (Å²) in [7, 11) is 1.67. The Kier molecular flexibility index (Phi) is 5.95. The van der Waals surface area contributed by atoms with Gasteiger partial charge in [0.1, 0.15) is 5.75 Å². The maximum atomic E-state index is 12.8. The number of hydrogen-bond donors (Lipinski definition) is 1. The lowest BCUT2D eigenvalue weighted by Crippen LogP contribution is -2.47. The van der Waals surface area contributed by atoms with Crippen LogP contribution in [0.1, 0.15) is 16.8 Å². The normalized spacial score (nSPS) is 14.1. The fourth-order valence-corrected chi connectivity index (χ4v) is 3.99. The van der Waals surface area contributed by atoms with Gasteiger partial charge in [0.15, 0.2) is 0 Å². The fraction of sp³-hybridized carbons (Fsp3) is 0.304. The summed E-state index contributed by atoms with van der Waals surface area (Å²) in [6, 6.07) is 15.7. The smallest absolute Gasteiger partial charge is 0.256 e. The van der Waals surface area contributed by atoms with E-state index < -0.39 is 0 Å². The molecule has 1 aliphatic rings. The number of nitrogens with one attached hydrogen (secondary N) is 1. The van der Waals surface area contributed by atoms with E-state index in [9.17, 15) is 4.79 Å². The number of hydrogen-bond acceptors (Lipinski definition) is 5. The third kappa shape index (κ3) is 4.44. The zero-order valence-corrected chi connectivity index (χ0v) is 17.9. The molecular formula is C23H25ClN4O2. The van der Waals surface area contributed by atoms with Crippen molar-refractivity contribution >= 4 is 23.2 Å². The second-order valence-corrected chi connectivity index (χ2v) is 7.87. The molecule has 2 aromatic carbocycles. The van der Waals surface area contributed by atoms with E-state index in [4.69, 9.17) is 21.3 Å². The van der Waals surface area contributed by atoms with Gasteiger partial charge in [0, 0.05) is 48.9 Å². The van der Waals surface area contributed by atoms with E-state index in [0.29, 0.717) is 23.0 Å². The van der Waals surface area contributed by atoms with Crippen LogP contribution in [-0.4, -0.2) is 43.3 Å². The van der Waals surface area contributed by atoms with E-state index in [0.717, 1.165) is 43.2 Å². The van der Waals surface area contributed by atoms with Gasteiger partial charge in [0.25, 0.3) is 5.56 Å². The van der Waals surface area contributed by atoms with Crippen LogP contribution in [0.4, 0.5) is 11.6 Å². The van der Waals surface area contributed by atoms with Crippen molar-refractivity contribution in [2.75, 3.05) is 43.1 Å². The Labute approximate surface area is 181 Å². The topological polar surface area (TPSA) is 61.5 Å². The van der Waals surface area contributed by atoms with Crippen molar-refractivity contribution < 1.29 is 4.74 Å². The van der Waals surface area contributed by atoms with Crippen LogP contribution in [0.5, 0.6) is 5.75 Å². The second kappa shape index (κ2) is 8.79. The van der Waals surface area contributed by atoms with Crippen LogP contribution in [0.2, 0.25) is 5.02 Å². The highest BCUT2D eigenvalue weighted by atomic mass is 35.5. The Hall–Kier alpha value is -2.99. The number of benzene rings is 2. The lowest BCUT2D eigenvalue weighted by molar-refractivity contribution is 0.415. The molecule has 7 heteroatoms. The van der Waals surface area contributed by atoms with Gasteiger partial charge in [0.2, 0.25) is 5.95 Å². The molecule has 3 aromatic rings. The average Bonchev–Trinajstić information content (AvgIpc) is 2.76. The molecule has 0 aliphatic carbocycles. The summed E-state index contributed by atoms with van der Waals surface area (Å²) >= 11 is 6.07. The highest BCUT2D eigenvalue weighted by Gasteiger charge is 2.20. The number of anilines is 2. The minimum Gasteiger partial charge on any atom is -0.497 e. The summed E-state index contributed by atoms with van der Waals surface area (Å²) in [6.07, 6.45) is 0.514. The maximum Gasteiger partial charge on any atom is 0.256 e. The van der Waals surface area contributed by atoms with Crippen LogP contribution in [-0.2, 0) is 6.42 Å². The summed E-state index contributed by atoms with van der Waals surface area (Å²) in [4.78, 5) is 24.9. The molecule has 0 spiro atoms. The molecule has 1 N–H and O–H groups in total. The van der Waals surface area contributed by atoms with Gasteiger partial charge in [-0.2, -0.15) is 0 Å². The van der Waals surface area contributed by atoms with Crippen molar-refractivity contribution in [3.05, 3.63) is 80.7 Å². The van der Waals surface area contributed by atoms with Crippen LogP contribution in [0, 0.1) is 6.92 Å². The molecule has 4 rings (SSSR count). The molecule has 0 amide bonds. The molecular weight excluding hydrogens is 400 g/mol. The number of aryl methyl sites for hydroxylation is 1. The fourth-order valence-electron chi connectivity index (χ4n) is 3.77.